The van der Waals surface area contributed by atoms with Gasteiger partial charge in [0.2, 0.25) is 5.91 Å². The highest BCUT2D eigenvalue weighted by Gasteiger charge is 2.28. The van der Waals surface area contributed by atoms with E-state index in [1.807, 2.05) is 20.8 Å². The lowest BCUT2D eigenvalue weighted by Crippen LogP contribution is -2.51. The summed E-state index contributed by atoms with van der Waals surface area (Å²) < 4.78 is 0. The fourth-order valence-electron chi connectivity index (χ4n) is 2.99. The minimum absolute atomic E-state index is 0.0274. The second-order valence-electron chi connectivity index (χ2n) is 7.81. The Labute approximate surface area is 131 Å². The Morgan fingerprint density at radius 1 is 0.905 bits per heavy atom. The summed E-state index contributed by atoms with van der Waals surface area (Å²) in [5.74, 6) is 0.0274. The van der Waals surface area contributed by atoms with Gasteiger partial charge in [0.25, 0.3) is 0 Å². The summed E-state index contributed by atoms with van der Waals surface area (Å²) in [6.07, 6.45) is 14.2. The molecule has 0 spiro atoms. The fourth-order valence-corrected chi connectivity index (χ4v) is 2.99. The van der Waals surface area contributed by atoms with Crippen LogP contribution < -0.4 is 11.1 Å². The molecule has 1 saturated carbocycles. The van der Waals surface area contributed by atoms with E-state index in [9.17, 15) is 4.79 Å². The van der Waals surface area contributed by atoms with Crippen LogP contribution in [0.4, 0.5) is 0 Å². The van der Waals surface area contributed by atoms with Crippen LogP contribution in [0.2, 0.25) is 0 Å². The minimum atomic E-state index is -0.418. The van der Waals surface area contributed by atoms with E-state index in [1.165, 1.54) is 57.8 Å². The second-order valence-corrected chi connectivity index (χ2v) is 7.81. The summed E-state index contributed by atoms with van der Waals surface area (Å²) >= 11 is 0. The number of nitrogens with two attached hydrogens (primary N) is 1. The molecule has 3 N–H and O–H groups in total. The first-order chi connectivity index (χ1) is 9.91. The number of hydrogen-bond acceptors (Lipinski definition) is 2. The van der Waals surface area contributed by atoms with Crippen molar-refractivity contribution in [1.82, 2.24) is 5.32 Å². The molecule has 0 aromatic carbocycles. The molecule has 0 radical (unpaired) electrons. The Morgan fingerprint density at radius 3 is 1.67 bits per heavy atom. The molecule has 0 saturated heterocycles. The molecule has 0 heterocycles. The van der Waals surface area contributed by atoms with Crippen molar-refractivity contribution in [3.63, 3.8) is 0 Å². The van der Waals surface area contributed by atoms with Crippen molar-refractivity contribution < 1.29 is 4.79 Å². The van der Waals surface area contributed by atoms with Gasteiger partial charge in [-0.3, -0.25) is 4.79 Å². The fraction of sp³-hybridized carbons (Fsp3) is 0.944. The van der Waals surface area contributed by atoms with Gasteiger partial charge in [0.15, 0.2) is 0 Å². The molecular weight excluding hydrogens is 260 g/mol. The lowest BCUT2D eigenvalue weighted by Gasteiger charge is -2.28. The maximum Gasteiger partial charge on any atom is 0.237 e. The van der Waals surface area contributed by atoms with Crippen molar-refractivity contribution in [3.05, 3.63) is 0 Å². The number of carbonyl (C=O) groups excluding carboxylic acids is 1. The van der Waals surface area contributed by atoms with Gasteiger partial charge in [0.1, 0.15) is 0 Å². The van der Waals surface area contributed by atoms with Crippen molar-refractivity contribution in [2.75, 3.05) is 0 Å². The average molecular weight is 296 g/mol. The van der Waals surface area contributed by atoms with E-state index in [4.69, 9.17) is 5.73 Å². The largest absolute Gasteiger partial charge is 0.352 e. The monoisotopic (exact) mass is 296 g/mol. The van der Waals surface area contributed by atoms with Crippen LogP contribution in [0.25, 0.3) is 0 Å². The Bertz CT molecular complexity index is 284. The molecule has 3 heteroatoms. The highest BCUT2D eigenvalue weighted by atomic mass is 16.2. The number of rotatable bonds is 2. The maximum absolute atomic E-state index is 12.3. The van der Waals surface area contributed by atoms with Gasteiger partial charge in [-0.15, -0.1) is 0 Å². The van der Waals surface area contributed by atoms with E-state index < -0.39 is 6.04 Å². The van der Waals surface area contributed by atoms with E-state index in [-0.39, 0.29) is 11.3 Å². The van der Waals surface area contributed by atoms with Gasteiger partial charge in [-0.2, -0.15) is 0 Å². The Balaban J connectivity index is 2.45. The van der Waals surface area contributed by atoms with Gasteiger partial charge < -0.3 is 11.1 Å². The van der Waals surface area contributed by atoms with Gasteiger partial charge in [-0.25, -0.2) is 0 Å². The molecule has 1 fully saturated rings. The Hall–Kier alpha value is -0.570. The van der Waals surface area contributed by atoms with E-state index in [0.717, 1.165) is 12.8 Å². The number of amides is 1. The molecule has 1 aliphatic carbocycles. The third-order valence-electron chi connectivity index (χ3n) is 4.67. The van der Waals surface area contributed by atoms with Gasteiger partial charge in [-0.05, 0) is 18.3 Å². The smallest absolute Gasteiger partial charge is 0.237 e. The molecule has 124 valence electrons. The highest BCUT2D eigenvalue weighted by Crippen LogP contribution is 2.20. The highest BCUT2D eigenvalue weighted by molar-refractivity contribution is 5.82. The molecule has 0 bridgehead atoms. The van der Waals surface area contributed by atoms with Gasteiger partial charge in [0, 0.05) is 6.04 Å². The van der Waals surface area contributed by atoms with Crippen molar-refractivity contribution in [2.24, 2.45) is 11.1 Å². The van der Waals surface area contributed by atoms with Gasteiger partial charge in [0.05, 0.1) is 6.04 Å². The van der Waals surface area contributed by atoms with Gasteiger partial charge in [-0.1, -0.05) is 78.6 Å². The lowest BCUT2D eigenvalue weighted by atomic mass is 9.86. The molecule has 1 aliphatic rings. The first-order valence-electron chi connectivity index (χ1n) is 8.97. The van der Waals surface area contributed by atoms with Crippen LogP contribution in [-0.4, -0.2) is 18.0 Å². The van der Waals surface area contributed by atoms with Gasteiger partial charge >= 0.3 is 0 Å². The Kier molecular flexibility index (Phi) is 8.31. The van der Waals surface area contributed by atoms with Crippen LogP contribution in [-0.2, 0) is 4.79 Å². The van der Waals surface area contributed by atoms with Crippen LogP contribution >= 0.6 is 0 Å². The normalized spacial score (nSPS) is 21.9. The summed E-state index contributed by atoms with van der Waals surface area (Å²) in [7, 11) is 0. The number of nitrogens with one attached hydrogen (secondary N) is 1. The summed E-state index contributed by atoms with van der Waals surface area (Å²) in [6, 6.07) is -0.0933. The van der Waals surface area contributed by atoms with Crippen LogP contribution in [0.3, 0.4) is 0 Å². The summed E-state index contributed by atoms with van der Waals surface area (Å²) in [5.41, 5.74) is 5.90. The minimum Gasteiger partial charge on any atom is -0.352 e. The van der Waals surface area contributed by atoms with Crippen LogP contribution in [0.5, 0.6) is 0 Å². The molecular formula is C18H36N2O. The second kappa shape index (κ2) is 9.45. The SMILES string of the molecule is CC(C)(C)[C@H](N)C(=O)NC1CCCCCCCCCCC1. The molecule has 21 heavy (non-hydrogen) atoms. The maximum atomic E-state index is 12.3. The topological polar surface area (TPSA) is 55.1 Å². The first-order valence-corrected chi connectivity index (χ1v) is 8.97. The predicted octanol–water partition coefficient (Wildman–Crippen LogP) is 4.15. The van der Waals surface area contributed by atoms with Crippen molar-refractivity contribution in [2.45, 2.75) is 103 Å². The zero-order chi connectivity index (χ0) is 15.7. The number of carbonyl (C=O) groups is 1. The summed E-state index contributed by atoms with van der Waals surface area (Å²) in [6.45, 7) is 6.08. The van der Waals surface area contributed by atoms with Crippen molar-refractivity contribution in [3.8, 4) is 0 Å². The zero-order valence-electron chi connectivity index (χ0n) is 14.4. The molecule has 1 amide bonds. The van der Waals surface area contributed by atoms with Crippen LogP contribution in [0, 0.1) is 5.41 Å². The zero-order valence-corrected chi connectivity index (χ0v) is 14.4. The standard InChI is InChI=1S/C18H36N2O/c1-18(2,3)16(19)17(21)20-15-13-11-9-7-5-4-6-8-10-12-14-15/h15-16H,4-14,19H2,1-3H3,(H,20,21)/t16-/m1/s1. The average Bonchev–Trinajstić information content (AvgIpc) is 2.39. The predicted molar refractivity (Wildman–Crippen MR) is 90.1 cm³/mol. The molecule has 1 rings (SSSR count). The van der Waals surface area contributed by atoms with Crippen molar-refractivity contribution >= 4 is 5.91 Å². The molecule has 3 nitrogen and oxygen atoms in total. The van der Waals surface area contributed by atoms with Crippen LogP contribution in [0.1, 0.15) is 91.4 Å². The van der Waals surface area contributed by atoms with Crippen molar-refractivity contribution in [1.29, 1.82) is 0 Å². The van der Waals surface area contributed by atoms with E-state index in [2.05, 4.69) is 5.32 Å². The third-order valence-corrected chi connectivity index (χ3v) is 4.67. The summed E-state index contributed by atoms with van der Waals surface area (Å²) in [5, 5.41) is 3.21. The Morgan fingerprint density at radius 2 is 1.29 bits per heavy atom. The summed E-state index contributed by atoms with van der Waals surface area (Å²) in [4.78, 5) is 12.3. The van der Waals surface area contributed by atoms with E-state index in [1.54, 1.807) is 0 Å². The molecule has 1 atom stereocenters. The van der Waals surface area contributed by atoms with E-state index >= 15 is 0 Å². The molecule has 0 aromatic heterocycles. The van der Waals surface area contributed by atoms with Crippen LogP contribution in [0.15, 0.2) is 0 Å². The lowest BCUT2D eigenvalue weighted by molar-refractivity contribution is -0.125. The molecule has 0 aliphatic heterocycles. The molecule has 0 unspecified atom stereocenters. The number of hydrogen-bond donors (Lipinski definition) is 2. The third kappa shape index (κ3) is 7.85. The first kappa shape index (κ1) is 18.5. The quantitative estimate of drug-likeness (QED) is 0.804. The molecule has 0 aromatic rings. The van der Waals surface area contributed by atoms with E-state index in [0.29, 0.717) is 6.04 Å².